The molecule has 40 heavy (non-hydrogen) atoms. The van der Waals surface area contributed by atoms with Crippen LogP contribution in [-0.4, -0.2) is 21.9 Å². The lowest BCUT2D eigenvalue weighted by molar-refractivity contribution is 0.0696. The Morgan fingerprint density at radius 2 is 1.90 bits per heavy atom. The number of nitrogens with zero attached hydrogens (tertiary/aromatic N) is 1. The van der Waals surface area contributed by atoms with E-state index in [1.54, 1.807) is 0 Å². The number of hydrogen-bond acceptors (Lipinski definition) is 3. The fraction of sp³-hybridized carbons (Fsp3) is 0.486. The predicted octanol–water partition coefficient (Wildman–Crippen LogP) is 9.52. The van der Waals surface area contributed by atoms with Gasteiger partial charge in [0.25, 0.3) is 0 Å². The Bertz CT molecular complexity index is 1380. The van der Waals surface area contributed by atoms with Crippen molar-refractivity contribution >= 4 is 17.1 Å². The summed E-state index contributed by atoms with van der Waals surface area (Å²) in [5, 5.41) is 14.1. The van der Waals surface area contributed by atoms with Crippen LogP contribution in [0, 0.1) is 32.6 Å². The van der Waals surface area contributed by atoms with E-state index in [-0.39, 0.29) is 5.92 Å². The largest absolute Gasteiger partial charge is 0.478 e. The third-order valence-electron chi connectivity index (χ3n) is 9.12. The Balaban J connectivity index is 1.58. The number of alkyl halides is 1. The van der Waals surface area contributed by atoms with E-state index in [0.717, 1.165) is 84.2 Å². The van der Waals surface area contributed by atoms with Crippen molar-refractivity contribution in [3.63, 3.8) is 0 Å². The molecule has 1 saturated carbocycles. The highest BCUT2D eigenvalue weighted by Crippen LogP contribution is 2.44. The number of carboxylic acid groups (broad SMARTS) is 1. The quantitative estimate of drug-likeness (QED) is 0.394. The molecule has 1 fully saturated rings. The van der Waals surface area contributed by atoms with Gasteiger partial charge < -0.3 is 9.63 Å². The number of hydrogen-bond donors (Lipinski definition) is 1. The average Bonchev–Trinajstić information content (AvgIpc) is 3.15. The number of allylic oxidation sites excluding steroid dienone is 8. The van der Waals surface area contributed by atoms with Crippen molar-refractivity contribution in [2.45, 2.75) is 97.6 Å². The molecule has 0 aliphatic heterocycles. The van der Waals surface area contributed by atoms with Gasteiger partial charge in [-0.05, 0) is 117 Å². The van der Waals surface area contributed by atoms with Gasteiger partial charge in [-0.15, -0.1) is 0 Å². The number of fused-ring (bicyclic) bond motifs is 1. The normalized spacial score (nSPS) is 23.0. The van der Waals surface area contributed by atoms with Crippen LogP contribution in [0.3, 0.4) is 0 Å². The molecule has 0 spiro atoms. The number of rotatable bonds is 6. The monoisotopic (exact) mass is 543 g/mol. The molecule has 212 valence electrons. The second kappa shape index (κ2) is 11.7. The van der Waals surface area contributed by atoms with E-state index in [2.05, 4.69) is 36.4 Å². The smallest absolute Gasteiger partial charge is 0.335 e. The highest BCUT2D eigenvalue weighted by atomic mass is 19.1. The van der Waals surface area contributed by atoms with Crippen molar-refractivity contribution in [1.29, 1.82) is 0 Å². The summed E-state index contributed by atoms with van der Waals surface area (Å²) in [6.45, 7) is 8.00. The average molecular weight is 544 g/mol. The van der Waals surface area contributed by atoms with Crippen LogP contribution in [0.25, 0.3) is 11.1 Å². The summed E-state index contributed by atoms with van der Waals surface area (Å²) in [6, 6.07) is 5.76. The molecule has 2 aromatic rings. The zero-order valence-electron chi connectivity index (χ0n) is 24.4. The molecule has 0 radical (unpaired) electrons. The van der Waals surface area contributed by atoms with Crippen molar-refractivity contribution in [1.82, 2.24) is 5.16 Å². The summed E-state index contributed by atoms with van der Waals surface area (Å²) in [7, 11) is 0. The Morgan fingerprint density at radius 1 is 1.12 bits per heavy atom. The number of carboxylic acids is 1. The van der Waals surface area contributed by atoms with Gasteiger partial charge in [-0.1, -0.05) is 67.8 Å². The van der Waals surface area contributed by atoms with Gasteiger partial charge in [0.15, 0.2) is 0 Å². The van der Waals surface area contributed by atoms with E-state index in [0.29, 0.717) is 30.7 Å². The van der Waals surface area contributed by atoms with E-state index in [1.807, 2.05) is 39.0 Å². The predicted molar refractivity (Wildman–Crippen MR) is 159 cm³/mol. The van der Waals surface area contributed by atoms with Gasteiger partial charge in [0.1, 0.15) is 11.4 Å². The van der Waals surface area contributed by atoms with Gasteiger partial charge in [-0.2, -0.15) is 0 Å². The summed E-state index contributed by atoms with van der Waals surface area (Å²) in [5.74, 6) is 0.422. The molecule has 3 aliphatic rings. The summed E-state index contributed by atoms with van der Waals surface area (Å²) in [6.07, 6.45) is 17.8. The van der Waals surface area contributed by atoms with Crippen molar-refractivity contribution < 1.29 is 18.8 Å². The Morgan fingerprint density at radius 3 is 2.60 bits per heavy atom. The molecule has 1 aromatic carbocycles. The zero-order chi connectivity index (χ0) is 28.4. The van der Waals surface area contributed by atoms with E-state index < -0.39 is 11.6 Å². The third kappa shape index (κ3) is 6.09. The molecule has 1 heterocycles. The number of aryl methyl sites for hydroxylation is 3. The first-order valence-corrected chi connectivity index (χ1v) is 14.9. The summed E-state index contributed by atoms with van der Waals surface area (Å²) in [4.78, 5) is 12.1. The van der Waals surface area contributed by atoms with Gasteiger partial charge in [-0.25, -0.2) is 9.18 Å². The molecule has 0 bridgehead atoms. The van der Waals surface area contributed by atoms with Crippen LogP contribution in [-0.2, 0) is 0 Å². The zero-order valence-corrected chi connectivity index (χ0v) is 24.4. The summed E-state index contributed by atoms with van der Waals surface area (Å²) in [5.41, 5.74) is 7.46. The van der Waals surface area contributed by atoms with Gasteiger partial charge >= 0.3 is 5.97 Å². The maximum Gasteiger partial charge on any atom is 0.335 e. The van der Waals surface area contributed by atoms with Crippen LogP contribution >= 0.6 is 0 Å². The lowest BCUT2D eigenvalue weighted by Gasteiger charge is -2.30. The van der Waals surface area contributed by atoms with Crippen LogP contribution in [0.5, 0.6) is 0 Å². The van der Waals surface area contributed by atoms with E-state index in [4.69, 9.17) is 4.52 Å². The first-order valence-electron chi connectivity index (χ1n) is 14.9. The number of halogens is 1. The molecule has 1 N–H and O–H groups in total. The van der Waals surface area contributed by atoms with Crippen molar-refractivity contribution in [3.05, 3.63) is 87.4 Å². The fourth-order valence-electron chi connectivity index (χ4n) is 6.79. The molecule has 2 atom stereocenters. The van der Waals surface area contributed by atoms with Crippen LogP contribution < -0.4 is 0 Å². The Hall–Kier alpha value is -3.21. The molecule has 0 amide bonds. The topological polar surface area (TPSA) is 63.3 Å². The fourth-order valence-corrected chi connectivity index (χ4v) is 6.79. The highest BCUT2D eigenvalue weighted by Gasteiger charge is 2.33. The van der Waals surface area contributed by atoms with E-state index in [9.17, 15) is 9.90 Å². The minimum atomic E-state index is -1.05. The van der Waals surface area contributed by atoms with Gasteiger partial charge in [0, 0.05) is 5.56 Å². The van der Waals surface area contributed by atoms with Crippen LogP contribution in [0.4, 0.5) is 4.39 Å². The molecule has 0 saturated heterocycles. The SMILES string of the molecule is Cc1ccc(C2=CC(CCC3(F)CCCCC3)CCC3=CC(c4c(C)noc4C)=CC(C)CC=C32)cc1C(=O)O. The summed E-state index contributed by atoms with van der Waals surface area (Å²) < 4.78 is 21.2. The molecular weight excluding hydrogens is 501 g/mol. The van der Waals surface area contributed by atoms with Gasteiger partial charge in [0.05, 0.1) is 11.3 Å². The Labute approximate surface area is 237 Å². The minimum Gasteiger partial charge on any atom is -0.478 e. The van der Waals surface area contributed by atoms with Crippen molar-refractivity contribution in [2.75, 3.05) is 0 Å². The first-order chi connectivity index (χ1) is 19.1. The summed E-state index contributed by atoms with van der Waals surface area (Å²) >= 11 is 0. The Kier molecular flexibility index (Phi) is 8.30. The lowest BCUT2D eigenvalue weighted by Crippen LogP contribution is -2.26. The standard InChI is InChI=1S/C35H42FNO3/c1-22-8-13-30-27(20-29(18-22)33-24(3)37-40-25(33)4)12-10-26(14-17-35(36)15-6-5-7-16-35)19-32(30)28-11-9-23(2)31(21-28)34(38)39/h9,11,13,18-22,26H,5-8,10,12,14-17H2,1-4H3,(H,38,39). The number of aromatic carboxylic acids is 1. The molecule has 3 aliphatic carbocycles. The number of benzene rings is 1. The maximum atomic E-state index is 15.6. The van der Waals surface area contributed by atoms with Crippen LogP contribution in [0.1, 0.15) is 110 Å². The maximum absolute atomic E-state index is 15.6. The molecule has 1 aromatic heterocycles. The minimum absolute atomic E-state index is 0.220. The highest BCUT2D eigenvalue weighted by molar-refractivity contribution is 5.93. The van der Waals surface area contributed by atoms with E-state index in [1.165, 1.54) is 11.1 Å². The molecule has 5 heteroatoms. The molecule has 4 nitrogen and oxygen atoms in total. The third-order valence-corrected chi connectivity index (χ3v) is 9.12. The van der Waals surface area contributed by atoms with Crippen molar-refractivity contribution in [2.24, 2.45) is 11.8 Å². The van der Waals surface area contributed by atoms with Crippen LogP contribution in [0.15, 0.2) is 58.2 Å². The van der Waals surface area contributed by atoms with Crippen molar-refractivity contribution in [3.8, 4) is 0 Å². The number of aromatic nitrogens is 1. The first kappa shape index (κ1) is 28.3. The van der Waals surface area contributed by atoms with E-state index >= 15 is 4.39 Å². The molecule has 5 rings (SSSR count). The number of carbonyl (C=O) groups is 1. The van der Waals surface area contributed by atoms with Gasteiger partial charge in [-0.3, -0.25) is 0 Å². The molecule has 2 unspecified atom stereocenters. The lowest BCUT2D eigenvalue weighted by atomic mass is 9.80. The second-order valence-corrected chi connectivity index (χ2v) is 12.3. The van der Waals surface area contributed by atoms with Gasteiger partial charge in [0.2, 0.25) is 0 Å². The molecular formula is C35H42FNO3. The van der Waals surface area contributed by atoms with Crippen LogP contribution in [0.2, 0.25) is 0 Å². The second-order valence-electron chi connectivity index (χ2n) is 12.3.